The summed E-state index contributed by atoms with van der Waals surface area (Å²) in [4.78, 5) is 18.8. The summed E-state index contributed by atoms with van der Waals surface area (Å²) in [7, 11) is 0. The molecule has 3 heterocycles. The second-order valence-electron chi connectivity index (χ2n) is 7.31. The summed E-state index contributed by atoms with van der Waals surface area (Å²) in [5, 5.41) is 11.9. The lowest BCUT2D eigenvalue weighted by Gasteiger charge is -2.44. The van der Waals surface area contributed by atoms with Crippen molar-refractivity contribution in [2.24, 2.45) is 11.3 Å². The number of piperidine rings is 1. The predicted octanol–water partition coefficient (Wildman–Crippen LogP) is 1.71. The zero-order valence-corrected chi connectivity index (χ0v) is 14.3. The molecule has 2 aliphatic heterocycles. The van der Waals surface area contributed by atoms with Crippen LogP contribution in [0.2, 0.25) is 0 Å². The maximum Gasteiger partial charge on any atom is 0.223 e. The quantitative estimate of drug-likeness (QED) is 0.910. The molecule has 0 saturated carbocycles. The number of aromatic nitrogens is 1. The van der Waals surface area contributed by atoms with E-state index in [4.69, 9.17) is 10.00 Å². The first-order valence-electron chi connectivity index (χ1n) is 8.50. The van der Waals surface area contributed by atoms with Gasteiger partial charge in [-0.1, -0.05) is 13.8 Å². The molecule has 1 atom stereocenters. The molecule has 6 heteroatoms. The van der Waals surface area contributed by atoms with E-state index in [-0.39, 0.29) is 23.3 Å². The van der Waals surface area contributed by atoms with Gasteiger partial charge in [0.25, 0.3) is 0 Å². The summed E-state index contributed by atoms with van der Waals surface area (Å²) < 4.78 is 5.52. The van der Waals surface area contributed by atoms with Crippen LogP contribution >= 0.6 is 0 Å². The number of hydrogen-bond donors (Lipinski definition) is 1. The van der Waals surface area contributed by atoms with E-state index in [1.165, 1.54) is 0 Å². The molecule has 128 valence electrons. The second-order valence-corrected chi connectivity index (χ2v) is 7.31. The minimum atomic E-state index is 0.0582. The molecule has 0 radical (unpaired) electrons. The topological polar surface area (TPSA) is 78.2 Å². The number of pyridine rings is 1. The third-order valence-corrected chi connectivity index (χ3v) is 5.06. The summed E-state index contributed by atoms with van der Waals surface area (Å²) in [5.74, 6) is 1.06. The molecule has 1 unspecified atom stereocenters. The van der Waals surface area contributed by atoms with E-state index in [0.29, 0.717) is 12.1 Å². The minimum Gasteiger partial charge on any atom is -0.375 e. The van der Waals surface area contributed by atoms with Crippen molar-refractivity contribution in [1.82, 2.24) is 10.3 Å². The standard InChI is InChI=1S/C18H24N4O2/c1-18(2)12-24-15(18)11-21-17(23)14-5-7-22(8-6-14)16-4-3-13(9-19)10-20-16/h3-4,10,14-15H,5-8,11-12H2,1-2H3,(H,21,23). The first kappa shape index (κ1) is 16.7. The largest absolute Gasteiger partial charge is 0.375 e. The van der Waals surface area contributed by atoms with Crippen molar-refractivity contribution in [3.05, 3.63) is 23.9 Å². The molecule has 2 saturated heterocycles. The van der Waals surface area contributed by atoms with Crippen molar-refractivity contribution in [3.63, 3.8) is 0 Å². The summed E-state index contributed by atoms with van der Waals surface area (Å²) in [5.41, 5.74) is 0.729. The third-order valence-electron chi connectivity index (χ3n) is 5.06. The van der Waals surface area contributed by atoms with Gasteiger partial charge in [0, 0.05) is 37.2 Å². The zero-order valence-electron chi connectivity index (χ0n) is 14.3. The Balaban J connectivity index is 1.46. The van der Waals surface area contributed by atoms with Crippen LogP contribution in [0.25, 0.3) is 0 Å². The predicted molar refractivity (Wildman–Crippen MR) is 90.4 cm³/mol. The van der Waals surface area contributed by atoms with Crippen LogP contribution in [0.5, 0.6) is 0 Å². The average molecular weight is 328 g/mol. The van der Waals surface area contributed by atoms with E-state index in [0.717, 1.165) is 38.4 Å². The van der Waals surface area contributed by atoms with Crippen molar-refractivity contribution in [3.8, 4) is 6.07 Å². The maximum absolute atomic E-state index is 12.3. The summed E-state index contributed by atoms with van der Waals surface area (Å²) in [6.07, 6.45) is 3.36. The maximum atomic E-state index is 12.3. The summed E-state index contributed by atoms with van der Waals surface area (Å²) >= 11 is 0. The highest BCUT2D eigenvalue weighted by molar-refractivity contribution is 5.79. The van der Waals surface area contributed by atoms with Gasteiger partial charge in [-0.25, -0.2) is 4.98 Å². The van der Waals surface area contributed by atoms with E-state index < -0.39 is 0 Å². The molecule has 0 aliphatic carbocycles. The van der Waals surface area contributed by atoms with Gasteiger partial charge in [-0.2, -0.15) is 5.26 Å². The lowest BCUT2D eigenvalue weighted by atomic mass is 9.82. The Morgan fingerprint density at radius 1 is 1.46 bits per heavy atom. The van der Waals surface area contributed by atoms with E-state index >= 15 is 0 Å². The average Bonchev–Trinajstić information content (AvgIpc) is 2.61. The Hall–Kier alpha value is -2.13. The van der Waals surface area contributed by atoms with Crippen LogP contribution in [0, 0.1) is 22.7 Å². The number of carbonyl (C=O) groups excluding carboxylic acids is 1. The van der Waals surface area contributed by atoms with Crippen LogP contribution in [0.4, 0.5) is 5.82 Å². The van der Waals surface area contributed by atoms with Crippen LogP contribution in [0.15, 0.2) is 18.3 Å². The number of anilines is 1. The molecule has 0 spiro atoms. The van der Waals surface area contributed by atoms with Crippen LogP contribution in [-0.4, -0.2) is 43.2 Å². The first-order chi connectivity index (χ1) is 11.5. The van der Waals surface area contributed by atoms with E-state index in [1.54, 1.807) is 12.3 Å². The van der Waals surface area contributed by atoms with Gasteiger partial charge in [0.05, 0.1) is 18.3 Å². The fourth-order valence-corrected chi connectivity index (χ4v) is 3.22. The number of nitrogens with one attached hydrogen (secondary N) is 1. The Kier molecular flexibility index (Phi) is 4.72. The summed E-state index contributed by atoms with van der Waals surface area (Å²) in [6, 6.07) is 5.72. The van der Waals surface area contributed by atoms with Gasteiger partial charge < -0.3 is 15.0 Å². The number of amides is 1. The van der Waals surface area contributed by atoms with E-state index in [1.807, 2.05) is 6.07 Å². The van der Waals surface area contributed by atoms with Crippen LogP contribution in [-0.2, 0) is 9.53 Å². The molecule has 0 bridgehead atoms. The third kappa shape index (κ3) is 3.51. The molecular formula is C18H24N4O2. The molecule has 1 aromatic heterocycles. The van der Waals surface area contributed by atoms with Crippen molar-refractivity contribution in [1.29, 1.82) is 5.26 Å². The number of hydrogen-bond acceptors (Lipinski definition) is 5. The van der Waals surface area contributed by atoms with Gasteiger partial charge in [-0.3, -0.25) is 4.79 Å². The van der Waals surface area contributed by atoms with Crippen molar-refractivity contribution < 1.29 is 9.53 Å². The molecule has 3 rings (SSSR count). The highest BCUT2D eigenvalue weighted by Crippen LogP contribution is 2.33. The smallest absolute Gasteiger partial charge is 0.223 e. The molecule has 0 aromatic carbocycles. The molecule has 1 aromatic rings. The first-order valence-corrected chi connectivity index (χ1v) is 8.50. The molecule has 6 nitrogen and oxygen atoms in total. The fraction of sp³-hybridized carbons (Fsp3) is 0.611. The zero-order chi connectivity index (χ0) is 17.2. The van der Waals surface area contributed by atoms with Crippen molar-refractivity contribution in [2.75, 3.05) is 31.1 Å². The van der Waals surface area contributed by atoms with Crippen LogP contribution < -0.4 is 10.2 Å². The Morgan fingerprint density at radius 2 is 2.21 bits per heavy atom. The SMILES string of the molecule is CC1(C)COC1CNC(=O)C1CCN(c2ccc(C#N)cn2)CC1. The van der Waals surface area contributed by atoms with Gasteiger partial charge in [-0.15, -0.1) is 0 Å². The number of nitriles is 1. The number of carbonyl (C=O) groups is 1. The molecular weight excluding hydrogens is 304 g/mol. The van der Waals surface area contributed by atoms with Gasteiger partial charge in [0.1, 0.15) is 11.9 Å². The van der Waals surface area contributed by atoms with Crippen LogP contribution in [0.3, 0.4) is 0 Å². The summed E-state index contributed by atoms with van der Waals surface area (Å²) in [6.45, 7) is 7.31. The number of rotatable bonds is 4. The van der Waals surface area contributed by atoms with Gasteiger partial charge in [0.2, 0.25) is 5.91 Å². The fourth-order valence-electron chi connectivity index (χ4n) is 3.22. The highest BCUT2D eigenvalue weighted by atomic mass is 16.5. The van der Waals surface area contributed by atoms with Crippen molar-refractivity contribution >= 4 is 11.7 Å². The Morgan fingerprint density at radius 3 is 2.71 bits per heavy atom. The minimum absolute atomic E-state index is 0.0582. The molecule has 24 heavy (non-hydrogen) atoms. The van der Waals surface area contributed by atoms with E-state index in [2.05, 4.69) is 35.1 Å². The number of nitrogens with zero attached hydrogens (tertiary/aromatic N) is 3. The van der Waals surface area contributed by atoms with Crippen LogP contribution in [0.1, 0.15) is 32.3 Å². The van der Waals surface area contributed by atoms with Gasteiger partial charge >= 0.3 is 0 Å². The monoisotopic (exact) mass is 328 g/mol. The lowest BCUT2D eigenvalue weighted by Crippen LogP contribution is -2.54. The Labute approximate surface area is 142 Å². The Bertz CT molecular complexity index is 627. The van der Waals surface area contributed by atoms with Crippen molar-refractivity contribution in [2.45, 2.75) is 32.8 Å². The molecule has 1 amide bonds. The molecule has 2 fully saturated rings. The van der Waals surface area contributed by atoms with Gasteiger partial charge in [-0.05, 0) is 25.0 Å². The molecule has 1 N–H and O–H groups in total. The highest BCUT2D eigenvalue weighted by Gasteiger charge is 2.40. The number of ether oxygens (including phenoxy) is 1. The lowest BCUT2D eigenvalue weighted by molar-refractivity contribution is -0.166. The van der Waals surface area contributed by atoms with Gasteiger partial charge in [0.15, 0.2) is 0 Å². The molecule has 2 aliphatic rings. The second kappa shape index (κ2) is 6.78. The van der Waals surface area contributed by atoms with E-state index in [9.17, 15) is 4.79 Å². The normalized spacial score (nSPS) is 23.2.